The molecular formula is C24H19ClF3N3O3. The average molecular weight is 490 g/mol. The predicted octanol–water partition coefficient (Wildman–Crippen LogP) is 5.84. The normalized spacial score (nSPS) is 12.7. The van der Waals surface area contributed by atoms with Crippen molar-refractivity contribution in [1.29, 1.82) is 0 Å². The summed E-state index contributed by atoms with van der Waals surface area (Å²) in [7, 11) is 0. The monoisotopic (exact) mass is 489 g/mol. The highest BCUT2D eigenvalue weighted by atomic mass is 35.5. The number of aromatic nitrogens is 2. The Morgan fingerprint density at radius 2 is 1.71 bits per heavy atom. The second-order valence-corrected chi connectivity index (χ2v) is 8.22. The van der Waals surface area contributed by atoms with Crippen molar-refractivity contribution in [3.8, 4) is 28.0 Å². The van der Waals surface area contributed by atoms with Gasteiger partial charge in [-0.2, -0.15) is 18.3 Å². The van der Waals surface area contributed by atoms with Crippen molar-refractivity contribution in [3.63, 3.8) is 0 Å². The molecule has 10 heteroatoms. The first kappa shape index (κ1) is 23.6. The van der Waals surface area contributed by atoms with Crippen LogP contribution in [0.15, 0.2) is 54.6 Å². The number of fused-ring (bicyclic) bond motifs is 1. The number of alkyl halides is 3. The Morgan fingerprint density at radius 3 is 2.29 bits per heavy atom. The number of nitrogens with one attached hydrogen (secondary N) is 1. The number of aryl methyl sites for hydroxylation is 1. The molecule has 1 atom stereocenters. The minimum absolute atomic E-state index is 0.0528. The number of hydrogen-bond donors (Lipinski definition) is 4. The Labute approximate surface area is 196 Å². The second kappa shape index (κ2) is 9.00. The van der Waals surface area contributed by atoms with Gasteiger partial charge in [-0.05, 0) is 34.9 Å². The zero-order chi connectivity index (χ0) is 24.6. The van der Waals surface area contributed by atoms with Crippen molar-refractivity contribution in [2.75, 3.05) is 0 Å². The largest absolute Gasteiger partial charge is 0.507 e. The molecular weight excluding hydrogens is 471 g/mol. The van der Waals surface area contributed by atoms with Crippen LogP contribution in [0.25, 0.3) is 33.2 Å². The lowest BCUT2D eigenvalue weighted by Crippen LogP contribution is -2.28. The summed E-state index contributed by atoms with van der Waals surface area (Å²) in [6, 6.07) is 12.0. The molecule has 0 saturated heterocycles. The SMILES string of the molecule is NC(c1ccc(-c2ccc(-c3cc4c(CCC(=O)O)n[nH]c4cc3Cl)cc2)c(O)c1)C(F)(F)F. The summed E-state index contributed by atoms with van der Waals surface area (Å²) in [5, 5.41) is 27.5. The first-order chi connectivity index (χ1) is 16.0. The summed E-state index contributed by atoms with van der Waals surface area (Å²) in [6.45, 7) is 0. The van der Waals surface area contributed by atoms with Gasteiger partial charge in [0.05, 0.1) is 22.7 Å². The van der Waals surface area contributed by atoms with Gasteiger partial charge in [-0.3, -0.25) is 9.89 Å². The van der Waals surface area contributed by atoms with E-state index >= 15 is 0 Å². The first-order valence-electron chi connectivity index (χ1n) is 10.2. The van der Waals surface area contributed by atoms with E-state index in [2.05, 4.69) is 10.2 Å². The first-order valence-corrected chi connectivity index (χ1v) is 10.6. The predicted molar refractivity (Wildman–Crippen MR) is 123 cm³/mol. The van der Waals surface area contributed by atoms with E-state index in [1.165, 1.54) is 12.1 Å². The highest BCUT2D eigenvalue weighted by Gasteiger charge is 2.38. The fraction of sp³-hybridized carbons (Fsp3) is 0.167. The molecule has 6 nitrogen and oxygen atoms in total. The van der Waals surface area contributed by atoms with E-state index in [0.717, 1.165) is 17.0 Å². The molecule has 1 heterocycles. The van der Waals surface area contributed by atoms with Crippen LogP contribution in [0.5, 0.6) is 5.75 Å². The van der Waals surface area contributed by atoms with E-state index in [4.69, 9.17) is 22.4 Å². The maximum Gasteiger partial charge on any atom is 0.407 e. The van der Waals surface area contributed by atoms with Gasteiger partial charge in [-0.25, -0.2) is 0 Å². The number of nitrogens with two attached hydrogens (primary N) is 1. The summed E-state index contributed by atoms with van der Waals surface area (Å²) in [6.07, 6.45) is -4.40. The van der Waals surface area contributed by atoms with Gasteiger partial charge in [0.25, 0.3) is 0 Å². The third-order valence-corrected chi connectivity index (χ3v) is 5.86. The number of hydrogen-bond acceptors (Lipinski definition) is 4. The van der Waals surface area contributed by atoms with Crippen molar-refractivity contribution in [1.82, 2.24) is 10.2 Å². The number of aliphatic carboxylic acids is 1. The summed E-state index contributed by atoms with van der Waals surface area (Å²) in [5.74, 6) is -1.23. The Bertz CT molecular complexity index is 1370. The van der Waals surface area contributed by atoms with Gasteiger partial charge in [-0.1, -0.05) is 48.0 Å². The van der Waals surface area contributed by atoms with Gasteiger partial charge in [0.15, 0.2) is 0 Å². The third-order valence-electron chi connectivity index (χ3n) is 5.55. The van der Waals surface area contributed by atoms with Crippen molar-refractivity contribution in [2.45, 2.75) is 25.1 Å². The van der Waals surface area contributed by atoms with Crippen LogP contribution in [0, 0.1) is 0 Å². The van der Waals surface area contributed by atoms with Crippen LogP contribution in [-0.2, 0) is 11.2 Å². The number of H-pyrrole nitrogens is 1. The fourth-order valence-corrected chi connectivity index (χ4v) is 4.01. The molecule has 0 fully saturated rings. The molecule has 0 radical (unpaired) electrons. The summed E-state index contributed by atoms with van der Waals surface area (Å²) >= 11 is 6.45. The molecule has 0 aliphatic heterocycles. The van der Waals surface area contributed by atoms with Crippen molar-refractivity contribution in [2.24, 2.45) is 5.73 Å². The van der Waals surface area contributed by atoms with Crippen LogP contribution in [0.2, 0.25) is 5.02 Å². The highest BCUT2D eigenvalue weighted by molar-refractivity contribution is 6.34. The molecule has 1 unspecified atom stereocenters. The fourth-order valence-electron chi connectivity index (χ4n) is 3.73. The number of nitrogens with zero attached hydrogens (tertiary/aromatic N) is 1. The zero-order valence-electron chi connectivity index (χ0n) is 17.5. The van der Waals surface area contributed by atoms with Crippen LogP contribution < -0.4 is 5.73 Å². The number of aromatic amines is 1. The maximum atomic E-state index is 12.9. The number of aromatic hydroxyl groups is 1. The number of carboxylic acids is 1. The van der Waals surface area contributed by atoms with Gasteiger partial charge in [0, 0.05) is 22.9 Å². The molecule has 0 saturated carbocycles. The minimum Gasteiger partial charge on any atom is -0.507 e. The van der Waals surface area contributed by atoms with E-state index < -0.39 is 18.2 Å². The number of halogens is 4. The Morgan fingerprint density at radius 1 is 1.06 bits per heavy atom. The second-order valence-electron chi connectivity index (χ2n) is 7.81. The maximum absolute atomic E-state index is 12.9. The van der Waals surface area contributed by atoms with E-state index in [-0.39, 0.29) is 24.2 Å². The highest BCUT2D eigenvalue weighted by Crippen LogP contribution is 2.38. The van der Waals surface area contributed by atoms with E-state index in [1.54, 1.807) is 30.3 Å². The molecule has 0 spiro atoms. The van der Waals surface area contributed by atoms with Crippen molar-refractivity contribution < 1.29 is 28.2 Å². The summed E-state index contributed by atoms with van der Waals surface area (Å²) < 4.78 is 38.6. The lowest BCUT2D eigenvalue weighted by Gasteiger charge is -2.17. The number of phenols is 1. The third kappa shape index (κ3) is 4.71. The zero-order valence-corrected chi connectivity index (χ0v) is 18.3. The van der Waals surface area contributed by atoms with Crippen LogP contribution in [0.4, 0.5) is 13.2 Å². The number of benzene rings is 3. The molecule has 1 aromatic heterocycles. The molecule has 0 aliphatic rings. The van der Waals surface area contributed by atoms with Crippen LogP contribution in [0.3, 0.4) is 0 Å². The molecule has 34 heavy (non-hydrogen) atoms. The van der Waals surface area contributed by atoms with Gasteiger partial charge < -0.3 is 15.9 Å². The van der Waals surface area contributed by atoms with Crippen LogP contribution >= 0.6 is 11.6 Å². The molecule has 4 aromatic rings. The summed E-state index contributed by atoms with van der Waals surface area (Å²) in [5.41, 5.74) is 8.71. The molecule has 0 bridgehead atoms. The molecule has 4 rings (SSSR count). The number of carbonyl (C=O) groups is 1. The quantitative estimate of drug-likeness (QED) is 0.272. The average Bonchev–Trinajstić information content (AvgIpc) is 3.17. The summed E-state index contributed by atoms with van der Waals surface area (Å²) in [4.78, 5) is 10.9. The molecule has 0 amide bonds. The van der Waals surface area contributed by atoms with Crippen LogP contribution in [-0.4, -0.2) is 32.6 Å². The van der Waals surface area contributed by atoms with E-state index in [1.807, 2.05) is 6.07 Å². The molecule has 0 aliphatic carbocycles. The van der Waals surface area contributed by atoms with E-state index in [9.17, 15) is 23.1 Å². The van der Waals surface area contributed by atoms with Gasteiger partial charge in [0.2, 0.25) is 0 Å². The lowest BCUT2D eigenvalue weighted by atomic mass is 9.96. The topological polar surface area (TPSA) is 112 Å². The number of phenolic OH excluding ortho intramolecular Hbond substituents is 1. The van der Waals surface area contributed by atoms with Crippen molar-refractivity contribution in [3.05, 3.63) is 70.9 Å². The van der Waals surface area contributed by atoms with Crippen LogP contribution in [0.1, 0.15) is 23.7 Å². The van der Waals surface area contributed by atoms with Gasteiger partial charge in [-0.15, -0.1) is 0 Å². The van der Waals surface area contributed by atoms with Crippen molar-refractivity contribution >= 4 is 28.5 Å². The molecule has 5 N–H and O–H groups in total. The van der Waals surface area contributed by atoms with E-state index in [0.29, 0.717) is 32.9 Å². The lowest BCUT2D eigenvalue weighted by molar-refractivity contribution is -0.149. The smallest absolute Gasteiger partial charge is 0.407 e. The standard InChI is InChI=1S/C24H19ClF3N3O3/c25-18-11-20-17(19(30-31-20)7-8-22(33)34)10-16(18)13-3-1-12(2-4-13)15-6-5-14(9-21(15)32)23(29)24(26,27)28/h1-6,9-11,23,32H,7-8,29H2,(H,30,31)(H,33,34). The van der Waals surface area contributed by atoms with Gasteiger partial charge >= 0.3 is 12.1 Å². The molecule has 3 aromatic carbocycles. The number of rotatable bonds is 6. The Balaban J connectivity index is 1.64. The minimum atomic E-state index is -4.61. The number of carboxylic acid groups (broad SMARTS) is 1. The molecule has 176 valence electrons. The Kier molecular flexibility index (Phi) is 6.24. The van der Waals surface area contributed by atoms with Gasteiger partial charge in [0.1, 0.15) is 11.8 Å². The Hall–Kier alpha value is -3.56.